The van der Waals surface area contributed by atoms with Gasteiger partial charge < -0.3 is 9.64 Å². The van der Waals surface area contributed by atoms with Crippen LogP contribution in [0.2, 0.25) is 0 Å². The number of hydrogen-bond acceptors (Lipinski definition) is 2. The van der Waals surface area contributed by atoms with E-state index < -0.39 is 0 Å². The van der Waals surface area contributed by atoms with Gasteiger partial charge in [-0.3, -0.25) is 0 Å². The summed E-state index contributed by atoms with van der Waals surface area (Å²) in [5, 5.41) is 0. The van der Waals surface area contributed by atoms with E-state index in [4.69, 9.17) is 4.74 Å². The minimum Gasteiger partial charge on any atom is -0.494 e. The van der Waals surface area contributed by atoms with Gasteiger partial charge in [0.15, 0.2) is 0 Å². The van der Waals surface area contributed by atoms with E-state index >= 15 is 0 Å². The predicted molar refractivity (Wildman–Crippen MR) is 80.8 cm³/mol. The fourth-order valence-corrected chi connectivity index (χ4v) is 2.79. The lowest BCUT2D eigenvalue weighted by Gasteiger charge is -2.19. The lowest BCUT2D eigenvalue weighted by atomic mass is 10.1. The van der Waals surface area contributed by atoms with Gasteiger partial charge in [-0.1, -0.05) is 25.5 Å². The third kappa shape index (κ3) is 4.54. The molecule has 0 N–H and O–H groups in total. The van der Waals surface area contributed by atoms with Crippen molar-refractivity contribution in [1.29, 1.82) is 0 Å². The van der Waals surface area contributed by atoms with Crippen molar-refractivity contribution in [2.75, 3.05) is 20.2 Å². The van der Waals surface area contributed by atoms with Crippen LogP contribution in [0.5, 0.6) is 5.75 Å². The molecule has 0 amide bonds. The maximum Gasteiger partial charge on any atom is 0.119 e. The number of ether oxygens (including phenoxy) is 1. The van der Waals surface area contributed by atoms with Gasteiger partial charge in [0, 0.05) is 6.04 Å². The summed E-state index contributed by atoms with van der Waals surface area (Å²) in [6, 6.07) is 9.36. The highest BCUT2D eigenvalue weighted by molar-refractivity contribution is 5.27. The highest BCUT2D eigenvalue weighted by Crippen LogP contribution is 2.19. The minimum atomic E-state index is 0.726. The smallest absolute Gasteiger partial charge is 0.119 e. The Balaban J connectivity index is 1.70. The summed E-state index contributed by atoms with van der Waals surface area (Å²) in [6.45, 7) is 4.32. The number of benzene rings is 1. The Morgan fingerprint density at radius 2 is 2.05 bits per heavy atom. The topological polar surface area (TPSA) is 12.5 Å². The van der Waals surface area contributed by atoms with E-state index in [1.54, 1.807) is 0 Å². The van der Waals surface area contributed by atoms with Crippen molar-refractivity contribution in [2.45, 2.75) is 51.5 Å². The molecule has 1 heterocycles. The average molecular weight is 261 g/mol. The fourth-order valence-electron chi connectivity index (χ4n) is 2.79. The van der Waals surface area contributed by atoms with Crippen LogP contribution in [0.1, 0.15) is 44.6 Å². The van der Waals surface area contributed by atoms with Crippen LogP contribution in [0, 0.1) is 0 Å². The zero-order chi connectivity index (χ0) is 13.5. The molecule has 0 saturated carbocycles. The fraction of sp³-hybridized carbons (Fsp3) is 0.647. The number of nitrogens with zero attached hydrogens (tertiary/aromatic N) is 1. The molecule has 1 saturated heterocycles. The molecule has 1 aromatic carbocycles. The van der Waals surface area contributed by atoms with Crippen LogP contribution in [-0.4, -0.2) is 31.1 Å². The zero-order valence-electron chi connectivity index (χ0n) is 12.4. The molecule has 1 unspecified atom stereocenters. The van der Waals surface area contributed by atoms with Crippen molar-refractivity contribution >= 4 is 0 Å². The molecule has 0 aliphatic carbocycles. The lowest BCUT2D eigenvalue weighted by molar-refractivity contribution is 0.233. The summed E-state index contributed by atoms with van der Waals surface area (Å²) < 4.78 is 5.85. The minimum absolute atomic E-state index is 0.726. The zero-order valence-corrected chi connectivity index (χ0v) is 12.4. The number of aryl methyl sites for hydroxylation is 1. The van der Waals surface area contributed by atoms with Crippen LogP contribution in [0.3, 0.4) is 0 Å². The van der Waals surface area contributed by atoms with E-state index in [2.05, 4.69) is 43.1 Å². The molecular weight excluding hydrogens is 234 g/mol. The van der Waals surface area contributed by atoms with Gasteiger partial charge in [-0.05, 0) is 63.4 Å². The van der Waals surface area contributed by atoms with Gasteiger partial charge in [0.1, 0.15) is 5.75 Å². The van der Waals surface area contributed by atoms with Crippen LogP contribution in [0.4, 0.5) is 0 Å². The van der Waals surface area contributed by atoms with Gasteiger partial charge in [-0.25, -0.2) is 0 Å². The van der Waals surface area contributed by atoms with Gasteiger partial charge in [0.2, 0.25) is 0 Å². The van der Waals surface area contributed by atoms with Gasteiger partial charge in [-0.2, -0.15) is 0 Å². The van der Waals surface area contributed by atoms with E-state index in [1.807, 2.05) is 0 Å². The van der Waals surface area contributed by atoms with Crippen LogP contribution < -0.4 is 4.74 Å². The molecular formula is C17H27NO. The van der Waals surface area contributed by atoms with Crippen molar-refractivity contribution in [3.63, 3.8) is 0 Å². The predicted octanol–water partition coefficient (Wildman–Crippen LogP) is 3.89. The molecule has 2 rings (SSSR count). The third-order valence-corrected chi connectivity index (χ3v) is 4.13. The maximum absolute atomic E-state index is 5.85. The second kappa shape index (κ2) is 7.54. The molecule has 1 aromatic rings. The van der Waals surface area contributed by atoms with Gasteiger partial charge in [0.25, 0.3) is 0 Å². The molecule has 1 fully saturated rings. The van der Waals surface area contributed by atoms with Crippen molar-refractivity contribution in [3.8, 4) is 5.75 Å². The summed E-state index contributed by atoms with van der Waals surface area (Å²) in [7, 11) is 2.22. The number of hydrogen-bond donors (Lipinski definition) is 0. The van der Waals surface area contributed by atoms with Gasteiger partial charge >= 0.3 is 0 Å². The van der Waals surface area contributed by atoms with Crippen molar-refractivity contribution in [2.24, 2.45) is 0 Å². The standard InChI is InChI=1S/C17H27NO/c1-3-4-6-15-8-10-17(11-9-15)19-14-12-16-7-5-13-18(16)2/h8-11,16H,3-7,12-14H2,1-2H3. The number of unbranched alkanes of at least 4 members (excludes halogenated alkanes) is 1. The Bertz CT molecular complexity index is 360. The molecule has 0 radical (unpaired) electrons. The first-order valence-electron chi connectivity index (χ1n) is 7.71. The normalized spacial score (nSPS) is 19.8. The lowest BCUT2D eigenvalue weighted by Crippen LogP contribution is -2.26. The number of rotatable bonds is 7. The summed E-state index contributed by atoms with van der Waals surface area (Å²) in [5.41, 5.74) is 1.42. The second-order valence-corrected chi connectivity index (χ2v) is 5.66. The first-order valence-corrected chi connectivity index (χ1v) is 7.71. The summed E-state index contributed by atoms with van der Waals surface area (Å²) in [5.74, 6) is 1.01. The monoisotopic (exact) mass is 261 g/mol. The van der Waals surface area contributed by atoms with E-state index in [0.717, 1.165) is 24.8 Å². The molecule has 1 atom stereocenters. The van der Waals surface area contributed by atoms with Crippen molar-refractivity contribution in [3.05, 3.63) is 29.8 Å². The average Bonchev–Trinajstić information content (AvgIpc) is 2.84. The molecule has 0 bridgehead atoms. The van der Waals surface area contributed by atoms with E-state index in [9.17, 15) is 0 Å². The number of likely N-dealkylation sites (tertiary alicyclic amines) is 1. The Kier molecular flexibility index (Phi) is 5.71. The van der Waals surface area contributed by atoms with Gasteiger partial charge in [0.05, 0.1) is 6.61 Å². The Morgan fingerprint density at radius 3 is 2.68 bits per heavy atom. The molecule has 1 aliphatic rings. The first kappa shape index (κ1) is 14.4. The Morgan fingerprint density at radius 1 is 1.26 bits per heavy atom. The van der Waals surface area contributed by atoms with Crippen molar-refractivity contribution < 1.29 is 4.74 Å². The van der Waals surface area contributed by atoms with E-state index in [1.165, 1.54) is 44.2 Å². The van der Waals surface area contributed by atoms with Gasteiger partial charge in [-0.15, -0.1) is 0 Å². The highest BCUT2D eigenvalue weighted by atomic mass is 16.5. The molecule has 106 valence electrons. The molecule has 2 nitrogen and oxygen atoms in total. The molecule has 0 spiro atoms. The van der Waals surface area contributed by atoms with Crippen LogP contribution >= 0.6 is 0 Å². The quantitative estimate of drug-likeness (QED) is 0.738. The highest BCUT2D eigenvalue weighted by Gasteiger charge is 2.20. The van der Waals surface area contributed by atoms with E-state index in [0.29, 0.717) is 0 Å². The SMILES string of the molecule is CCCCc1ccc(OCCC2CCCN2C)cc1. The van der Waals surface area contributed by atoms with Crippen LogP contribution in [0.25, 0.3) is 0 Å². The van der Waals surface area contributed by atoms with Crippen molar-refractivity contribution in [1.82, 2.24) is 4.90 Å². The summed E-state index contributed by atoms with van der Waals surface area (Å²) in [4.78, 5) is 2.46. The molecule has 1 aliphatic heterocycles. The van der Waals surface area contributed by atoms with Crippen LogP contribution in [-0.2, 0) is 6.42 Å². The summed E-state index contributed by atoms with van der Waals surface area (Å²) >= 11 is 0. The summed E-state index contributed by atoms with van der Waals surface area (Å²) in [6.07, 6.45) is 7.53. The molecule has 0 aromatic heterocycles. The molecule has 19 heavy (non-hydrogen) atoms. The second-order valence-electron chi connectivity index (χ2n) is 5.66. The first-order chi connectivity index (χ1) is 9.29. The largest absolute Gasteiger partial charge is 0.494 e. The van der Waals surface area contributed by atoms with Crippen LogP contribution in [0.15, 0.2) is 24.3 Å². The maximum atomic E-state index is 5.85. The third-order valence-electron chi connectivity index (χ3n) is 4.13. The Hall–Kier alpha value is -1.02. The Labute approximate surface area is 117 Å². The van der Waals surface area contributed by atoms with E-state index in [-0.39, 0.29) is 0 Å². The molecule has 2 heteroatoms.